The number of nitrogens with one attached hydrogen (secondary N) is 1. The van der Waals surface area contributed by atoms with Gasteiger partial charge in [0.15, 0.2) is 0 Å². The zero-order valence-electron chi connectivity index (χ0n) is 17.7. The van der Waals surface area contributed by atoms with Crippen LogP contribution < -0.4 is 5.32 Å². The monoisotopic (exact) mass is 402 g/mol. The summed E-state index contributed by atoms with van der Waals surface area (Å²) in [7, 11) is 0. The van der Waals surface area contributed by atoms with Gasteiger partial charge in [0.1, 0.15) is 0 Å². The predicted octanol–water partition coefficient (Wildman–Crippen LogP) is 0.771. The summed E-state index contributed by atoms with van der Waals surface area (Å²) in [6.45, 7) is 11.1. The van der Waals surface area contributed by atoms with Gasteiger partial charge in [-0.1, -0.05) is 37.3 Å². The Morgan fingerprint density at radius 3 is 2.31 bits per heavy atom. The van der Waals surface area contributed by atoms with Gasteiger partial charge in [-0.15, -0.1) is 0 Å². The maximum Gasteiger partial charge on any atom is 0.237 e. The molecule has 2 saturated heterocycles. The normalized spacial score (nSPS) is 20.8. The second-order valence-electron chi connectivity index (χ2n) is 8.04. The lowest BCUT2D eigenvalue weighted by Gasteiger charge is -2.38. The van der Waals surface area contributed by atoms with E-state index in [0.29, 0.717) is 39.4 Å². The van der Waals surface area contributed by atoms with Crippen LogP contribution in [0.3, 0.4) is 0 Å². The largest absolute Gasteiger partial charge is 0.378 e. The van der Waals surface area contributed by atoms with Crippen LogP contribution in [0.1, 0.15) is 25.3 Å². The molecule has 0 spiro atoms. The van der Waals surface area contributed by atoms with Crippen LogP contribution in [0.5, 0.6) is 0 Å². The Labute approximate surface area is 174 Å². The number of amides is 2. The number of carbonyl (C=O) groups is 2. The van der Waals surface area contributed by atoms with Gasteiger partial charge in [-0.2, -0.15) is 0 Å². The third kappa shape index (κ3) is 6.26. The van der Waals surface area contributed by atoms with Crippen molar-refractivity contribution >= 4 is 11.8 Å². The summed E-state index contributed by atoms with van der Waals surface area (Å²) in [6, 6.07) is 10.1. The Hall–Kier alpha value is -1.96. The van der Waals surface area contributed by atoms with Gasteiger partial charge in [-0.25, -0.2) is 0 Å². The zero-order chi connectivity index (χ0) is 20.6. The van der Waals surface area contributed by atoms with Gasteiger partial charge in [0.2, 0.25) is 11.8 Å². The lowest BCUT2D eigenvalue weighted by atomic mass is 10.0. The van der Waals surface area contributed by atoms with E-state index in [1.807, 2.05) is 30.0 Å². The fourth-order valence-corrected chi connectivity index (χ4v) is 3.88. The van der Waals surface area contributed by atoms with Crippen LogP contribution in [0.4, 0.5) is 0 Å². The van der Waals surface area contributed by atoms with Crippen molar-refractivity contribution in [2.75, 3.05) is 65.6 Å². The second kappa shape index (κ2) is 10.7. The SMILES string of the molecule is CC(CNC(=O)C(C)N1CCN(CC(=O)N2CCOCC2)CC1)c1ccccc1. The highest BCUT2D eigenvalue weighted by Gasteiger charge is 2.27. The molecular formula is C22H34N4O3. The average Bonchev–Trinajstić information content (AvgIpc) is 2.78. The highest BCUT2D eigenvalue weighted by molar-refractivity contribution is 5.81. The lowest BCUT2D eigenvalue weighted by molar-refractivity contribution is -0.137. The van der Waals surface area contributed by atoms with Gasteiger partial charge in [0.25, 0.3) is 0 Å². The topological polar surface area (TPSA) is 65.1 Å². The van der Waals surface area contributed by atoms with Crippen molar-refractivity contribution in [2.24, 2.45) is 0 Å². The van der Waals surface area contributed by atoms with Crippen molar-refractivity contribution in [3.05, 3.63) is 35.9 Å². The number of benzene rings is 1. The van der Waals surface area contributed by atoms with Crippen molar-refractivity contribution in [2.45, 2.75) is 25.8 Å². The van der Waals surface area contributed by atoms with Crippen molar-refractivity contribution < 1.29 is 14.3 Å². The Balaban J connectivity index is 1.38. The van der Waals surface area contributed by atoms with Gasteiger partial charge in [-0.3, -0.25) is 19.4 Å². The first kappa shape index (κ1) is 21.7. The molecular weight excluding hydrogens is 368 g/mol. The van der Waals surface area contributed by atoms with E-state index >= 15 is 0 Å². The molecule has 0 aliphatic carbocycles. The molecule has 0 aromatic heterocycles. The zero-order valence-corrected chi connectivity index (χ0v) is 17.7. The number of carbonyl (C=O) groups excluding carboxylic acids is 2. The summed E-state index contributed by atoms with van der Waals surface area (Å²) in [5.41, 5.74) is 1.24. The lowest BCUT2D eigenvalue weighted by Crippen LogP contribution is -2.56. The summed E-state index contributed by atoms with van der Waals surface area (Å²) in [5.74, 6) is 0.545. The number of hydrogen-bond donors (Lipinski definition) is 1. The van der Waals surface area contributed by atoms with Gasteiger partial charge in [0, 0.05) is 45.8 Å². The van der Waals surface area contributed by atoms with Crippen LogP contribution in [0, 0.1) is 0 Å². The molecule has 29 heavy (non-hydrogen) atoms. The molecule has 2 heterocycles. The first-order chi connectivity index (χ1) is 14.0. The fourth-order valence-electron chi connectivity index (χ4n) is 3.88. The highest BCUT2D eigenvalue weighted by Crippen LogP contribution is 2.14. The van der Waals surface area contributed by atoms with Crippen LogP contribution in [0.25, 0.3) is 0 Å². The van der Waals surface area contributed by atoms with Crippen molar-refractivity contribution in [1.82, 2.24) is 20.0 Å². The molecule has 1 aromatic rings. The second-order valence-corrected chi connectivity index (χ2v) is 8.04. The number of nitrogens with zero attached hydrogens (tertiary/aromatic N) is 3. The maximum atomic E-state index is 12.6. The number of ether oxygens (including phenoxy) is 1. The Morgan fingerprint density at radius 1 is 1.00 bits per heavy atom. The minimum Gasteiger partial charge on any atom is -0.378 e. The summed E-state index contributed by atoms with van der Waals surface area (Å²) < 4.78 is 5.31. The Morgan fingerprint density at radius 2 is 1.66 bits per heavy atom. The summed E-state index contributed by atoms with van der Waals surface area (Å²) in [6.07, 6.45) is 0. The van der Waals surface area contributed by atoms with E-state index in [4.69, 9.17) is 4.74 Å². The van der Waals surface area contributed by atoms with Gasteiger partial charge in [0.05, 0.1) is 25.8 Å². The molecule has 160 valence electrons. The fraction of sp³-hybridized carbons (Fsp3) is 0.636. The van der Waals surface area contributed by atoms with Gasteiger partial charge >= 0.3 is 0 Å². The molecule has 2 aliphatic heterocycles. The molecule has 0 radical (unpaired) electrons. The Kier molecular flexibility index (Phi) is 8.03. The smallest absolute Gasteiger partial charge is 0.237 e. The molecule has 2 unspecified atom stereocenters. The Bertz CT molecular complexity index is 655. The minimum atomic E-state index is -0.157. The molecule has 1 N–H and O–H groups in total. The first-order valence-electron chi connectivity index (χ1n) is 10.7. The van der Waals surface area contributed by atoms with Crippen molar-refractivity contribution in [3.8, 4) is 0 Å². The number of rotatable bonds is 7. The maximum absolute atomic E-state index is 12.6. The van der Waals surface area contributed by atoms with E-state index in [-0.39, 0.29) is 23.8 Å². The first-order valence-corrected chi connectivity index (χ1v) is 10.7. The van der Waals surface area contributed by atoms with Crippen LogP contribution >= 0.6 is 0 Å². The molecule has 7 heteroatoms. The standard InChI is InChI=1S/C22H34N4O3/c1-18(20-6-4-3-5-7-20)16-23-22(28)19(2)25-10-8-24(9-11-25)17-21(27)26-12-14-29-15-13-26/h3-7,18-19H,8-17H2,1-2H3,(H,23,28). The predicted molar refractivity (Wildman–Crippen MR) is 113 cm³/mol. The third-order valence-corrected chi connectivity index (χ3v) is 6.01. The molecule has 0 saturated carbocycles. The molecule has 2 fully saturated rings. The van der Waals surface area contributed by atoms with E-state index in [1.165, 1.54) is 5.56 Å². The van der Waals surface area contributed by atoms with Crippen LogP contribution in [-0.4, -0.2) is 98.1 Å². The number of hydrogen-bond acceptors (Lipinski definition) is 5. The van der Waals surface area contributed by atoms with E-state index in [0.717, 1.165) is 26.2 Å². The van der Waals surface area contributed by atoms with Gasteiger partial charge in [-0.05, 0) is 18.4 Å². The molecule has 2 aliphatic rings. The highest BCUT2D eigenvalue weighted by atomic mass is 16.5. The average molecular weight is 403 g/mol. The summed E-state index contributed by atoms with van der Waals surface area (Å²) >= 11 is 0. The quantitative estimate of drug-likeness (QED) is 0.730. The van der Waals surface area contributed by atoms with E-state index in [9.17, 15) is 9.59 Å². The number of morpholine rings is 1. The van der Waals surface area contributed by atoms with E-state index in [2.05, 4.69) is 34.2 Å². The summed E-state index contributed by atoms with van der Waals surface area (Å²) in [4.78, 5) is 31.3. The van der Waals surface area contributed by atoms with Gasteiger partial charge < -0.3 is 15.0 Å². The third-order valence-electron chi connectivity index (χ3n) is 6.01. The molecule has 3 rings (SSSR count). The van der Waals surface area contributed by atoms with E-state index < -0.39 is 0 Å². The molecule has 2 atom stereocenters. The van der Waals surface area contributed by atoms with Crippen LogP contribution in [0.15, 0.2) is 30.3 Å². The molecule has 0 bridgehead atoms. The molecule has 1 aromatic carbocycles. The minimum absolute atomic E-state index is 0.0747. The van der Waals surface area contributed by atoms with Crippen LogP contribution in [0.2, 0.25) is 0 Å². The van der Waals surface area contributed by atoms with Crippen molar-refractivity contribution in [1.29, 1.82) is 0 Å². The van der Waals surface area contributed by atoms with E-state index in [1.54, 1.807) is 0 Å². The number of piperazine rings is 1. The van der Waals surface area contributed by atoms with Crippen LogP contribution in [-0.2, 0) is 14.3 Å². The van der Waals surface area contributed by atoms with Crippen molar-refractivity contribution in [3.63, 3.8) is 0 Å². The molecule has 7 nitrogen and oxygen atoms in total. The molecule has 2 amide bonds. The summed E-state index contributed by atoms with van der Waals surface area (Å²) in [5, 5.41) is 3.10.